The highest BCUT2D eigenvalue weighted by Gasteiger charge is 2.21. The molecule has 2 rings (SSSR count). The predicted octanol–water partition coefficient (Wildman–Crippen LogP) is 2.11. The molecule has 0 saturated heterocycles. The van der Waals surface area contributed by atoms with Gasteiger partial charge in [-0.15, -0.1) is 0 Å². The third-order valence-corrected chi connectivity index (χ3v) is 2.09. The summed E-state index contributed by atoms with van der Waals surface area (Å²) in [4.78, 5) is 20.7. The monoisotopic (exact) mass is 239 g/mol. The number of hydrogen-bond acceptors (Lipinski definition) is 3. The molecule has 0 aromatic carbocycles. The van der Waals surface area contributed by atoms with Gasteiger partial charge >= 0.3 is 5.97 Å². The summed E-state index contributed by atoms with van der Waals surface area (Å²) in [7, 11) is 0. The molecule has 0 radical (unpaired) electrons. The molecule has 88 valence electrons. The number of carbonyl (C=O) groups is 1. The van der Waals surface area contributed by atoms with Crippen LogP contribution in [0.1, 0.15) is 22.5 Å². The van der Waals surface area contributed by atoms with Crippen molar-refractivity contribution in [1.82, 2.24) is 15.0 Å². The first-order valence-electron chi connectivity index (χ1n) is 4.61. The van der Waals surface area contributed by atoms with E-state index in [1.165, 1.54) is 0 Å². The van der Waals surface area contributed by atoms with Crippen molar-refractivity contribution in [1.29, 1.82) is 0 Å². The van der Waals surface area contributed by atoms with Gasteiger partial charge in [-0.1, -0.05) is 0 Å². The van der Waals surface area contributed by atoms with Crippen LogP contribution in [0.25, 0.3) is 11.5 Å². The minimum atomic E-state index is -2.96. The van der Waals surface area contributed by atoms with Crippen LogP contribution in [0.4, 0.5) is 8.78 Å². The van der Waals surface area contributed by atoms with Crippen LogP contribution in [0, 0.1) is 0 Å². The van der Waals surface area contributed by atoms with Crippen LogP contribution in [0.5, 0.6) is 0 Å². The topological polar surface area (TPSA) is 78.9 Å². The molecule has 0 saturated carbocycles. The molecule has 2 aromatic heterocycles. The van der Waals surface area contributed by atoms with Crippen LogP contribution in [0.3, 0.4) is 0 Å². The van der Waals surface area contributed by atoms with Gasteiger partial charge in [0.25, 0.3) is 6.43 Å². The van der Waals surface area contributed by atoms with E-state index in [9.17, 15) is 13.6 Å². The van der Waals surface area contributed by atoms with E-state index in [4.69, 9.17) is 5.11 Å². The number of nitrogens with one attached hydrogen (secondary N) is 1. The minimum absolute atomic E-state index is 0.0373. The number of H-pyrrole nitrogens is 1. The average molecular weight is 239 g/mol. The Kier molecular flexibility index (Phi) is 2.82. The first-order valence-corrected chi connectivity index (χ1v) is 4.61. The van der Waals surface area contributed by atoms with Crippen molar-refractivity contribution in [2.45, 2.75) is 6.43 Å². The Labute approximate surface area is 94.2 Å². The Hall–Kier alpha value is -2.31. The van der Waals surface area contributed by atoms with E-state index in [1.807, 2.05) is 0 Å². The van der Waals surface area contributed by atoms with Crippen LogP contribution in [-0.4, -0.2) is 26.0 Å². The highest BCUT2D eigenvalue weighted by atomic mass is 19.3. The van der Waals surface area contributed by atoms with Crippen LogP contribution in [-0.2, 0) is 0 Å². The summed E-state index contributed by atoms with van der Waals surface area (Å²) in [5.74, 6) is -1.44. The molecule has 17 heavy (non-hydrogen) atoms. The highest BCUT2D eigenvalue weighted by Crippen LogP contribution is 2.23. The number of aromatic carboxylic acids is 1. The zero-order chi connectivity index (χ0) is 12.4. The van der Waals surface area contributed by atoms with Gasteiger partial charge in [-0.05, 0) is 12.1 Å². The lowest BCUT2D eigenvalue weighted by atomic mass is 10.2. The fraction of sp³-hybridized carbons (Fsp3) is 0.100. The molecule has 2 heterocycles. The van der Waals surface area contributed by atoms with Gasteiger partial charge in [0.1, 0.15) is 11.3 Å². The first-order chi connectivity index (χ1) is 8.09. The molecule has 0 unspecified atom stereocenters. The molecule has 0 bridgehead atoms. The number of rotatable bonds is 3. The van der Waals surface area contributed by atoms with Crippen molar-refractivity contribution < 1.29 is 18.7 Å². The lowest BCUT2D eigenvalue weighted by Gasteiger charge is -2.05. The summed E-state index contributed by atoms with van der Waals surface area (Å²) < 4.78 is 25.3. The van der Waals surface area contributed by atoms with Gasteiger partial charge in [-0.3, -0.25) is 0 Å². The number of carboxylic acid groups (broad SMARTS) is 1. The zero-order valence-electron chi connectivity index (χ0n) is 8.39. The third-order valence-electron chi connectivity index (χ3n) is 2.09. The van der Waals surface area contributed by atoms with Gasteiger partial charge in [0.05, 0.1) is 5.69 Å². The molecule has 0 amide bonds. The Morgan fingerprint density at radius 1 is 1.47 bits per heavy atom. The SMILES string of the molecule is O=C(O)c1cnc(-c2ccc[nH]2)nc1C(F)F. The maximum absolute atomic E-state index is 12.6. The van der Waals surface area contributed by atoms with E-state index in [1.54, 1.807) is 18.3 Å². The Bertz CT molecular complexity index is 540. The predicted molar refractivity (Wildman–Crippen MR) is 53.7 cm³/mol. The second-order valence-corrected chi connectivity index (χ2v) is 3.18. The quantitative estimate of drug-likeness (QED) is 0.859. The standard InChI is InChI=1S/C10H7F2N3O2/c11-8(12)7-5(10(16)17)4-14-9(15-7)6-2-1-3-13-6/h1-4,8,13H,(H,16,17). The number of aromatic amines is 1. The molecule has 2 aromatic rings. The van der Waals surface area contributed by atoms with E-state index in [2.05, 4.69) is 15.0 Å². The number of nitrogens with zero attached hydrogens (tertiary/aromatic N) is 2. The van der Waals surface area contributed by atoms with Gasteiger partial charge in [0.2, 0.25) is 0 Å². The third kappa shape index (κ3) is 2.12. The number of hydrogen-bond donors (Lipinski definition) is 2. The molecule has 0 atom stereocenters. The Morgan fingerprint density at radius 3 is 2.76 bits per heavy atom. The molecule has 0 fully saturated rings. The molecule has 5 nitrogen and oxygen atoms in total. The number of carboxylic acids is 1. The number of halogens is 2. The average Bonchev–Trinajstić information content (AvgIpc) is 2.81. The van der Waals surface area contributed by atoms with E-state index < -0.39 is 23.7 Å². The maximum atomic E-state index is 12.6. The fourth-order valence-corrected chi connectivity index (χ4v) is 1.33. The van der Waals surface area contributed by atoms with E-state index in [0.717, 1.165) is 6.20 Å². The van der Waals surface area contributed by atoms with Crippen molar-refractivity contribution >= 4 is 5.97 Å². The molecular formula is C10H7F2N3O2. The summed E-state index contributed by atoms with van der Waals surface area (Å²) >= 11 is 0. The lowest BCUT2D eigenvalue weighted by Crippen LogP contribution is -2.08. The van der Waals surface area contributed by atoms with Gasteiger partial charge in [-0.25, -0.2) is 23.5 Å². The van der Waals surface area contributed by atoms with Gasteiger partial charge in [0.15, 0.2) is 5.82 Å². The summed E-state index contributed by atoms with van der Waals surface area (Å²) in [6.07, 6.45) is -0.489. The van der Waals surface area contributed by atoms with Crippen LogP contribution >= 0.6 is 0 Å². The fourth-order valence-electron chi connectivity index (χ4n) is 1.33. The van der Waals surface area contributed by atoms with Crippen molar-refractivity contribution in [2.75, 3.05) is 0 Å². The van der Waals surface area contributed by atoms with E-state index in [0.29, 0.717) is 5.69 Å². The molecule has 2 N–H and O–H groups in total. The molecule has 0 aliphatic carbocycles. The van der Waals surface area contributed by atoms with Crippen molar-refractivity contribution in [2.24, 2.45) is 0 Å². The summed E-state index contributed by atoms with van der Waals surface area (Å²) in [6, 6.07) is 3.26. The zero-order valence-corrected chi connectivity index (χ0v) is 8.39. The van der Waals surface area contributed by atoms with E-state index in [-0.39, 0.29) is 5.82 Å². The Morgan fingerprint density at radius 2 is 2.24 bits per heavy atom. The van der Waals surface area contributed by atoms with Gasteiger partial charge in [-0.2, -0.15) is 0 Å². The first kappa shape index (κ1) is 11.2. The van der Waals surface area contributed by atoms with Crippen molar-refractivity contribution in [3.63, 3.8) is 0 Å². The van der Waals surface area contributed by atoms with Crippen molar-refractivity contribution in [3.8, 4) is 11.5 Å². The molecular weight excluding hydrogens is 232 g/mol. The smallest absolute Gasteiger partial charge is 0.339 e. The molecule has 0 aliphatic heterocycles. The van der Waals surface area contributed by atoms with E-state index >= 15 is 0 Å². The number of alkyl halides is 2. The number of aromatic nitrogens is 3. The minimum Gasteiger partial charge on any atom is -0.478 e. The largest absolute Gasteiger partial charge is 0.478 e. The lowest BCUT2D eigenvalue weighted by molar-refractivity contribution is 0.0681. The van der Waals surface area contributed by atoms with Crippen LogP contribution in [0.2, 0.25) is 0 Å². The molecule has 7 heteroatoms. The van der Waals surface area contributed by atoms with Gasteiger partial charge < -0.3 is 10.1 Å². The second kappa shape index (κ2) is 4.28. The molecule has 0 aliphatic rings. The van der Waals surface area contributed by atoms with Gasteiger partial charge in [0, 0.05) is 12.4 Å². The van der Waals surface area contributed by atoms with Crippen molar-refractivity contribution in [3.05, 3.63) is 35.8 Å². The maximum Gasteiger partial charge on any atom is 0.339 e. The summed E-state index contributed by atoms with van der Waals surface area (Å²) in [5, 5.41) is 8.71. The van der Waals surface area contributed by atoms with Crippen LogP contribution < -0.4 is 0 Å². The molecule has 0 spiro atoms. The normalized spacial score (nSPS) is 10.8. The highest BCUT2D eigenvalue weighted by molar-refractivity contribution is 5.88. The second-order valence-electron chi connectivity index (χ2n) is 3.18. The van der Waals surface area contributed by atoms with Crippen LogP contribution in [0.15, 0.2) is 24.5 Å². The summed E-state index contributed by atoms with van der Waals surface area (Å²) in [6.45, 7) is 0. The summed E-state index contributed by atoms with van der Waals surface area (Å²) in [5.41, 5.74) is -0.920. The Balaban J connectivity index is 2.53.